The normalized spacial score (nSPS) is 24.6. The van der Waals surface area contributed by atoms with Crippen molar-refractivity contribution in [3.8, 4) is 0 Å². The predicted molar refractivity (Wildman–Crippen MR) is 66.8 cm³/mol. The van der Waals surface area contributed by atoms with E-state index in [-0.39, 0.29) is 12.5 Å². The van der Waals surface area contributed by atoms with Crippen molar-refractivity contribution in [2.45, 2.75) is 12.1 Å². The largest absolute Gasteiger partial charge is 0.370 e. The monoisotopic (exact) mass is 244 g/mol. The first-order valence-corrected chi connectivity index (χ1v) is 5.97. The van der Waals surface area contributed by atoms with E-state index in [1.54, 1.807) is 0 Å². The van der Waals surface area contributed by atoms with Gasteiger partial charge in [0.15, 0.2) is 0 Å². The second kappa shape index (κ2) is 6.90. The number of carbonyl (C=O) groups is 1. The van der Waals surface area contributed by atoms with Crippen LogP contribution in [0.3, 0.4) is 0 Å². The molecule has 0 aromatic rings. The van der Waals surface area contributed by atoms with Gasteiger partial charge in [-0.15, -0.1) is 0 Å². The fraction of sp³-hybridized carbons (Fsp3) is 0.909. The number of ether oxygens (including phenoxy) is 1. The molecule has 1 aliphatic heterocycles. The summed E-state index contributed by atoms with van der Waals surface area (Å²) in [5, 5.41) is 2.89. The Balaban J connectivity index is 2.36. The number of piperazine rings is 1. The number of nitrogens with two attached hydrogens (primary N) is 1. The lowest BCUT2D eigenvalue weighted by Gasteiger charge is -2.37. The maximum absolute atomic E-state index is 11.7. The molecule has 0 aromatic carbocycles. The second-order valence-corrected chi connectivity index (χ2v) is 4.60. The lowest BCUT2D eigenvalue weighted by atomic mass is 10.2. The summed E-state index contributed by atoms with van der Waals surface area (Å²) in [5.74, 6) is -0.128. The van der Waals surface area contributed by atoms with Crippen LogP contribution < -0.4 is 11.1 Å². The fourth-order valence-electron chi connectivity index (χ4n) is 1.96. The van der Waals surface area contributed by atoms with Crippen LogP contribution in [0, 0.1) is 0 Å². The van der Waals surface area contributed by atoms with E-state index in [4.69, 9.17) is 10.5 Å². The third-order valence-corrected chi connectivity index (χ3v) is 3.28. The molecule has 17 heavy (non-hydrogen) atoms. The van der Waals surface area contributed by atoms with E-state index in [1.807, 2.05) is 0 Å². The summed E-state index contributed by atoms with van der Waals surface area (Å²) in [6, 6.07) is 0.355. The van der Waals surface area contributed by atoms with Gasteiger partial charge in [-0.3, -0.25) is 9.69 Å². The van der Waals surface area contributed by atoms with Gasteiger partial charge in [0.25, 0.3) is 0 Å². The van der Waals surface area contributed by atoms with Gasteiger partial charge in [-0.1, -0.05) is 0 Å². The number of nitrogens with zero attached hydrogens (tertiary/aromatic N) is 2. The van der Waals surface area contributed by atoms with Gasteiger partial charge in [0, 0.05) is 45.9 Å². The molecule has 0 spiro atoms. The van der Waals surface area contributed by atoms with Gasteiger partial charge < -0.3 is 20.7 Å². The molecule has 1 saturated heterocycles. The zero-order valence-electron chi connectivity index (χ0n) is 11.0. The number of likely N-dealkylation sites (N-methyl/N-ethyl adjacent to an activating group) is 2. The Morgan fingerprint density at radius 1 is 1.53 bits per heavy atom. The summed E-state index contributed by atoms with van der Waals surface area (Å²) in [4.78, 5) is 16.2. The van der Waals surface area contributed by atoms with Crippen molar-refractivity contribution in [2.75, 3.05) is 53.9 Å². The van der Waals surface area contributed by atoms with E-state index in [9.17, 15) is 4.79 Å². The molecule has 2 unspecified atom stereocenters. The quantitative estimate of drug-likeness (QED) is 0.604. The molecule has 1 aliphatic rings. The third kappa shape index (κ3) is 4.23. The highest BCUT2D eigenvalue weighted by molar-refractivity contribution is 5.81. The number of methoxy groups -OCH3 is 1. The number of hydrogen-bond donors (Lipinski definition) is 2. The number of nitrogens with one attached hydrogen (secondary N) is 1. The molecule has 1 fully saturated rings. The highest BCUT2D eigenvalue weighted by Crippen LogP contribution is 2.04. The summed E-state index contributed by atoms with van der Waals surface area (Å²) in [7, 11) is 5.68. The van der Waals surface area contributed by atoms with E-state index >= 15 is 0 Å². The Morgan fingerprint density at radius 2 is 2.24 bits per heavy atom. The predicted octanol–water partition coefficient (Wildman–Crippen LogP) is -1.68. The minimum absolute atomic E-state index is 0.128. The molecule has 3 N–H and O–H groups in total. The highest BCUT2D eigenvalue weighted by atomic mass is 16.5. The maximum Gasteiger partial charge on any atom is 0.250 e. The van der Waals surface area contributed by atoms with E-state index in [0.717, 1.165) is 19.6 Å². The Hall–Kier alpha value is -0.690. The summed E-state index contributed by atoms with van der Waals surface area (Å²) in [5.41, 5.74) is 5.44. The molecule has 6 heteroatoms. The summed E-state index contributed by atoms with van der Waals surface area (Å²) in [6.45, 7) is 3.92. The molecule has 0 saturated carbocycles. The van der Waals surface area contributed by atoms with Gasteiger partial charge in [0.05, 0.1) is 0 Å². The Bertz CT molecular complexity index is 246. The topological polar surface area (TPSA) is 70.8 Å². The molecule has 2 atom stereocenters. The van der Waals surface area contributed by atoms with Crippen LogP contribution in [-0.4, -0.2) is 81.8 Å². The van der Waals surface area contributed by atoms with Crippen LogP contribution in [-0.2, 0) is 9.53 Å². The summed E-state index contributed by atoms with van der Waals surface area (Å²) < 4.78 is 4.99. The summed E-state index contributed by atoms with van der Waals surface area (Å²) >= 11 is 0. The minimum atomic E-state index is -0.540. The second-order valence-electron chi connectivity index (χ2n) is 4.60. The first-order valence-electron chi connectivity index (χ1n) is 5.97. The van der Waals surface area contributed by atoms with Crippen molar-refractivity contribution < 1.29 is 9.53 Å². The number of hydrogen-bond acceptors (Lipinski definition) is 5. The molecule has 0 aliphatic carbocycles. The summed E-state index contributed by atoms with van der Waals surface area (Å²) in [6.07, 6.45) is -0.540. The SMILES string of the molecule is COC(CN)C(=O)NCC1CN(C)CCN1C. The van der Waals surface area contributed by atoms with Crippen molar-refractivity contribution in [3.05, 3.63) is 0 Å². The highest BCUT2D eigenvalue weighted by Gasteiger charge is 2.23. The van der Waals surface area contributed by atoms with Gasteiger partial charge in [-0.05, 0) is 14.1 Å². The fourth-order valence-corrected chi connectivity index (χ4v) is 1.96. The van der Waals surface area contributed by atoms with E-state index in [1.165, 1.54) is 7.11 Å². The van der Waals surface area contributed by atoms with Gasteiger partial charge in [-0.25, -0.2) is 0 Å². The first-order chi connectivity index (χ1) is 8.08. The van der Waals surface area contributed by atoms with Crippen molar-refractivity contribution in [1.82, 2.24) is 15.1 Å². The molecule has 0 radical (unpaired) electrons. The van der Waals surface area contributed by atoms with Crippen LogP contribution in [0.25, 0.3) is 0 Å². The van der Waals surface area contributed by atoms with Crippen LogP contribution >= 0.6 is 0 Å². The van der Waals surface area contributed by atoms with Crippen LogP contribution in [0.1, 0.15) is 0 Å². The van der Waals surface area contributed by atoms with Crippen LogP contribution in [0.15, 0.2) is 0 Å². The molecule has 1 heterocycles. The molecule has 1 amide bonds. The molecular formula is C11H24N4O2. The lowest BCUT2D eigenvalue weighted by Crippen LogP contribution is -2.55. The maximum atomic E-state index is 11.7. The van der Waals surface area contributed by atoms with Gasteiger partial charge >= 0.3 is 0 Å². The standard InChI is InChI=1S/C11H24N4O2/c1-14-4-5-15(2)9(8-14)7-13-11(16)10(6-12)17-3/h9-10H,4-8,12H2,1-3H3,(H,13,16). The number of rotatable bonds is 5. The van der Waals surface area contributed by atoms with E-state index < -0.39 is 6.10 Å². The average molecular weight is 244 g/mol. The van der Waals surface area contributed by atoms with Crippen molar-refractivity contribution in [2.24, 2.45) is 5.73 Å². The minimum Gasteiger partial charge on any atom is -0.370 e. The zero-order chi connectivity index (χ0) is 12.8. The lowest BCUT2D eigenvalue weighted by molar-refractivity contribution is -0.130. The first kappa shape index (κ1) is 14.4. The molecule has 0 aromatic heterocycles. The smallest absolute Gasteiger partial charge is 0.250 e. The molecule has 100 valence electrons. The third-order valence-electron chi connectivity index (χ3n) is 3.28. The average Bonchev–Trinajstić information content (AvgIpc) is 2.32. The van der Waals surface area contributed by atoms with Crippen LogP contribution in [0.4, 0.5) is 0 Å². The van der Waals surface area contributed by atoms with Crippen LogP contribution in [0.5, 0.6) is 0 Å². The van der Waals surface area contributed by atoms with E-state index in [2.05, 4.69) is 29.2 Å². The number of amides is 1. The molecule has 1 rings (SSSR count). The van der Waals surface area contributed by atoms with Crippen molar-refractivity contribution >= 4 is 5.91 Å². The van der Waals surface area contributed by atoms with Gasteiger partial charge in [-0.2, -0.15) is 0 Å². The molecular weight excluding hydrogens is 220 g/mol. The van der Waals surface area contributed by atoms with Gasteiger partial charge in [0.1, 0.15) is 6.10 Å². The Morgan fingerprint density at radius 3 is 2.82 bits per heavy atom. The zero-order valence-corrected chi connectivity index (χ0v) is 11.0. The van der Waals surface area contributed by atoms with Crippen molar-refractivity contribution in [3.63, 3.8) is 0 Å². The van der Waals surface area contributed by atoms with Crippen molar-refractivity contribution in [1.29, 1.82) is 0 Å². The van der Waals surface area contributed by atoms with Crippen LogP contribution in [0.2, 0.25) is 0 Å². The van der Waals surface area contributed by atoms with Gasteiger partial charge in [0.2, 0.25) is 5.91 Å². The Labute approximate surface area is 103 Å². The molecule has 6 nitrogen and oxygen atoms in total. The Kier molecular flexibility index (Phi) is 5.84. The van der Waals surface area contributed by atoms with E-state index in [0.29, 0.717) is 12.6 Å². The number of carbonyl (C=O) groups excluding carboxylic acids is 1. The molecule has 0 bridgehead atoms.